The van der Waals surface area contributed by atoms with E-state index in [0.717, 1.165) is 12.8 Å². The number of rotatable bonds is 2. The molecule has 1 aliphatic carbocycles. The van der Waals surface area contributed by atoms with Gasteiger partial charge in [0.1, 0.15) is 11.3 Å². The van der Waals surface area contributed by atoms with Gasteiger partial charge in [0.05, 0.1) is 7.11 Å². The van der Waals surface area contributed by atoms with Gasteiger partial charge in [-0.05, 0) is 12.8 Å². The van der Waals surface area contributed by atoms with Crippen molar-refractivity contribution in [3.05, 3.63) is 11.3 Å². The van der Waals surface area contributed by atoms with Crippen LogP contribution in [-0.2, 0) is 4.74 Å². The lowest BCUT2D eigenvalue weighted by Crippen LogP contribution is -2.06. The Kier molecular flexibility index (Phi) is 1.72. The number of carbonyl (C=O) groups is 1. The average molecular weight is 182 g/mol. The molecule has 1 aromatic heterocycles. The zero-order valence-electron chi connectivity index (χ0n) is 7.24. The van der Waals surface area contributed by atoms with E-state index in [0.29, 0.717) is 17.2 Å². The van der Waals surface area contributed by atoms with Crippen LogP contribution in [0.4, 0.5) is 5.88 Å². The molecule has 0 spiro atoms. The first-order valence-electron chi connectivity index (χ1n) is 4.07. The maximum absolute atomic E-state index is 11.2. The van der Waals surface area contributed by atoms with Gasteiger partial charge in [0.15, 0.2) is 0 Å². The van der Waals surface area contributed by atoms with Crippen LogP contribution in [0.25, 0.3) is 0 Å². The van der Waals surface area contributed by atoms with E-state index < -0.39 is 5.97 Å². The highest BCUT2D eigenvalue weighted by Crippen LogP contribution is 2.42. The Bertz CT molecular complexity index is 341. The molecule has 2 N–H and O–H groups in total. The van der Waals surface area contributed by atoms with Crippen LogP contribution in [0, 0.1) is 0 Å². The fourth-order valence-corrected chi connectivity index (χ4v) is 1.26. The van der Waals surface area contributed by atoms with Crippen LogP contribution in [0.2, 0.25) is 0 Å². The highest BCUT2D eigenvalue weighted by atomic mass is 16.5. The minimum atomic E-state index is -0.472. The van der Waals surface area contributed by atoms with E-state index >= 15 is 0 Å². The number of carbonyl (C=O) groups excluding carboxylic acids is 1. The Morgan fingerprint density at radius 2 is 2.38 bits per heavy atom. The minimum Gasteiger partial charge on any atom is -0.465 e. The second kappa shape index (κ2) is 2.76. The molecule has 0 aliphatic heterocycles. The van der Waals surface area contributed by atoms with E-state index in [-0.39, 0.29) is 5.88 Å². The van der Waals surface area contributed by atoms with Crippen molar-refractivity contribution in [3.63, 3.8) is 0 Å². The van der Waals surface area contributed by atoms with Gasteiger partial charge in [-0.25, -0.2) is 4.79 Å². The molecule has 0 bridgehead atoms. The molecule has 0 unspecified atom stereocenters. The molecule has 1 saturated carbocycles. The summed E-state index contributed by atoms with van der Waals surface area (Å²) in [5, 5.41) is 3.75. The molecule has 5 heteroatoms. The van der Waals surface area contributed by atoms with Gasteiger partial charge in [-0.2, -0.15) is 0 Å². The van der Waals surface area contributed by atoms with Crippen LogP contribution < -0.4 is 5.73 Å². The van der Waals surface area contributed by atoms with Crippen molar-refractivity contribution in [1.82, 2.24) is 5.16 Å². The van der Waals surface area contributed by atoms with Gasteiger partial charge in [-0.3, -0.25) is 0 Å². The molecule has 70 valence electrons. The highest BCUT2D eigenvalue weighted by molar-refractivity contribution is 5.95. The number of ether oxygens (including phenoxy) is 1. The van der Waals surface area contributed by atoms with E-state index in [1.807, 2.05) is 0 Å². The number of methoxy groups -OCH3 is 1. The number of nitrogen functional groups attached to an aromatic ring is 1. The molecule has 0 atom stereocenters. The van der Waals surface area contributed by atoms with E-state index in [4.69, 9.17) is 10.3 Å². The smallest absolute Gasteiger partial charge is 0.345 e. The highest BCUT2D eigenvalue weighted by Gasteiger charge is 2.34. The van der Waals surface area contributed by atoms with E-state index in [1.54, 1.807) is 0 Å². The molecule has 1 fully saturated rings. The summed E-state index contributed by atoms with van der Waals surface area (Å²) < 4.78 is 9.32. The van der Waals surface area contributed by atoms with E-state index in [2.05, 4.69) is 9.89 Å². The Labute approximate surface area is 74.8 Å². The molecule has 5 nitrogen and oxygen atoms in total. The first kappa shape index (κ1) is 8.10. The summed E-state index contributed by atoms with van der Waals surface area (Å²) in [6.07, 6.45) is 2.08. The average Bonchev–Trinajstić information content (AvgIpc) is 2.89. The van der Waals surface area contributed by atoms with Crippen molar-refractivity contribution < 1.29 is 14.1 Å². The summed E-state index contributed by atoms with van der Waals surface area (Å²) in [5.74, 6) is -0.0930. The first-order chi connectivity index (χ1) is 6.24. The summed E-state index contributed by atoms with van der Waals surface area (Å²) in [5.41, 5.74) is 6.39. The molecule has 0 radical (unpaired) electrons. The standard InChI is InChI=1S/C8H10N2O3/c1-12-8(11)5-6(4-2-3-4)10-13-7(5)9/h4H,2-3,9H2,1H3. The zero-order chi connectivity index (χ0) is 9.42. The van der Waals surface area contributed by atoms with Crippen molar-refractivity contribution in [1.29, 1.82) is 0 Å². The third-order valence-electron chi connectivity index (χ3n) is 2.10. The van der Waals surface area contributed by atoms with Crippen LogP contribution in [0.3, 0.4) is 0 Å². The normalized spacial score (nSPS) is 15.8. The predicted octanol–water partition coefficient (Wildman–Crippen LogP) is 0.921. The first-order valence-corrected chi connectivity index (χ1v) is 4.07. The number of anilines is 1. The molecule has 1 aromatic rings. The lowest BCUT2D eigenvalue weighted by Gasteiger charge is -1.97. The van der Waals surface area contributed by atoms with Crippen molar-refractivity contribution in [2.45, 2.75) is 18.8 Å². The molecule has 0 amide bonds. The fraction of sp³-hybridized carbons (Fsp3) is 0.500. The second-order valence-electron chi connectivity index (χ2n) is 3.07. The molecular formula is C8H10N2O3. The predicted molar refractivity (Wildman–Crippen MR) is 44.2 cm³/mol. The number of hydrogen-bond acceptors (Lipinski definition) is 5. The molecular weight excluding hydrogens is 172 g/mol. The fourth-order valence-electron chi connectivity index (χ4n) is 1.26. The monoisotopic (exact) mass is 182 g/mol. The van der Waals surface area contributed by atoms with Crippen molar-refractivity contribution >= 4 is 11.9 Å². The van der Waals surface area contributed by atoms with Gasteiger partial charge in [-0.15, -0.1) is 0 Å². The van der Waals surface area contributed by atoms with Gasteiger partial charge in [0.25, 0.3) is 0 Å². The molecule has 2 rings (SSSR count). The Hall–Kier alpha value is -1.52. The largest absolute Gasteiger partial charge is 0.465 e. The number of nitrogens with zero attached hydrogens (tertiary/aromatic N) is 1. The zero-order valence-corrected chi connectivity index (χ0v) is 7.24. The third-order valence-corrected chi connectivity index (χ3v) is 2.10. The minimum absolute atomic E-state index is 0.0498. The maximum atomic E-state index is 11.2. The molecule has 1 heterocycles. The van der Waals surface area contributed by atoms with Crippen LogP contribution >= 0.6 is 0 Å². The topological polar surface area (TPSA) is 78.3 Å². The Morgan fingerprint density at radius 3 is 2.92 bits per heavy atom. The van der Waals surface area contributed by atoms with Crippen LogP contribution in [0.1, 0.15) is 34.8 Å². The summed E-state index contributed by atoms with van der Waals surface area (Å²) in [4.78, 5) is 11.2. The van der Waals surface area contributed by atoms with Gasteiger partial charge in [0, 0.05) is 5.92 Å². The summed E-state index contributed by atoms with van der Waals surface area (Å²) in [6.45, 7) is 0. The van der Waals surface area contributed by atoms with Crippen LogP contribution in [0.5, 0.6) is 0 Å². The molecule has 0 saturated heterocycles. The summed E-state index contributed by atoms with van der Waals surface area (Å²) >= 11 is 0. The molecule has 13 heavy (non-hydrogen) atoms. The van der Waals surface area contributed by atoms with Crippen molar-refractivity contribution in [3.8, 4) is 0 Å². The quantitative estimate of drug-likeness (QED) is 0.688. The number of esters is 1. The number of nitrogens with two attached hydrogens (primary N) is 1. The Morgan fingerprint density at radius 1 is 1.69 bits per heavy atom. The number of aromatic nitrogens is 1. The SMILES string of the molecule is COC(=O)c1c(C2CC2)noc1N. The Balaban J connectivity index is 2.39. The second-order valence-corrected chi connectivity index (χ2v) is 3.07. The van der Waals surface area contributed by atoms with E-state index in [1.165, 1.54) is 7.11 Å². The van der Waals surface area contributed by atoms with Gasteiger partial charge in [-0.1, -0.05) is 5.16 Å². The van der Waals surface area contributed by atoms with Crippen molar-refractivity contribution in [2.75, 3.05) is 12.8 Å². The lowest BCUT2D eigenvalue weighted by molar-refractivity contribution is 0.0600. The summed E-state index contributed by atoms with van der Waals surface area (Å²) in [6, 6.07) is 0. The molecule has 1 aliphatic rings. The van der Waals surface area contributed by atoms with Crippen LogP contribution in [0.15, 0.2) is 4.52 Å². The maximum Gasteiger partial charge on any atom is 0.345 e. The number of hydrogen-bond donors (Lipinski definition) is 1. The van der Waals surface area contributed by atoms with Gasteiger partial charge < -0.3 is 15.0 Å². The lowest BCUT2D eigenvalue weighted by atomic mass is 10.2. The summed E-state index contributed by atoms with van der Waals surface area (Å²) in [7, 11) is 1.31. The van der Waals surface area contributed by atoms with Crippen LogP contribution in [-0.4, -0.2) is 18.2 Å². The van der Waals surface area contributed by atoms with E-state index in [9.17, 15) is 4.79 Å². The third kappa shape index (κ3) is 1.26. The van der Waals surface area contributed by atoms with Crippen molar-refractivity contribution in [2.24, 2.45) is 0 Å². The molecule has 0 aromatic carbocycles. The van der Waals surface area contributed by atoms with Gasteiger partial charge in [0.2, 0.25) is 5.88 Å². The van der Waals surface area contributed by atoms with Gasteiger partial charge >= 0.3 is 5.97 Å².